The lowest BCUT2D eigenvalue weighted by Crippen LogP contribution is -2.43. The van der Waals surface area contributed by atoms with Gasteiger partial charge in [-0.1, -0.05) is 6.07 Å². The van der Waals surface area contributed by atoms with E-state index in [0.29, 0.717) is 16.6 Å². The fourth-order valence-electron chi connectivity index (χ4n) is 3.55. The van der Waals surface area contributed by atoms with E-state index in [4.69, 9.17) is 14.9 Å². The van der Waals surface area contributed by atoms with Crippen LogP contribution < -0.4 is 25.4 Å². The largest absolute Gasteiger partial charge is 0.489 e. The molecule has 0 atom stereocenters. The topological polar surface area (TPSA) is 110 Å². The zero-order valence-electron chi connectivity index (χ0n) is 18.3. The lowest BCUT2D eigenvalue weighted by atomic mass is 10.1. The van der Waals surface area contributed by atoms with Gasteiger partial charge in [0, 0.05) is 41.6 Å². The minimum Gasteiger partial charge on any atom is -0.489 e. The Bertz CT molecular complexity index is 1240. The van der Waals surface area contributed by atoms with Crippen LogP contribution >= 0.6 is 27.3 Å². The number of hydrogen-bond acceptors (Lipinski definition) is 8. The van der Waals surface area contributed by atoms with E-state index in [9.17, 15) is 8.42 Å². The zero-order chi connectivity index (χ0) is 23.6. The summed E-state index contributed by atoms with van der Waals surface area (Å²) in [7, 11) is -3.84. The van der Waals surface area contributed by atoms with Crippen LogP contribution in [0.2, 0.25) is 0 Å². The highest BCUT2D eigenvalue weighted by molar-refractivity contribution is 9.10. The Morgan fingerprint density at radius 3 is 2.64 bits per heavy atom. The number of halogens is 1. The molecule has 4 N–H and O–H groups in total. The van der Waals surface area contributed by atoms with E-state index in [1.165, 1.54) is 29.2 Å². The monoisotopic (exact) mass is 551 g/mol. The Labute approximate surface area is 206 Å². The molecule has 33 heavy (non-hydrogen) atoms. The van der Waals surface area contributed by atoms with Crippen LogP contribution in [0.1, 0.15) is 13.8 Å². The number of hydrogen-bond donors (Lipinski definition) is 3. The fraction of sp³-hybridized carbons (Fsp3) is 0.318. The SMILES string of the molecule is CC(C)Oc1ccc(S(N)(=O)=O)cc1Nc1nc(-c2ccc(N3CCNCC3)c(Br)c2)cs1. The van der Waals surface area contributed by atoms with E-state index in [0.717, 1.165) is 41.9 Å². The molecule has 11 heteroatoms. The van der Waals surface area contributed by atoms with Gasteiger partial charge in [0.05, 0.1) is 28.1 Å². The van der Waals surface area contributed by atoms with Crippen molar-refractivity contribution in [3.8, 4) is 17.0 Å². The molecule has 3 aromatic rings. The van der Waals surface area contributed by atoms with E-state index in [1.807, 2.05) is 19.2 Å². The maximum atomic E-state index is 11.8. The van der Waals surface area contributed by atoms with Gasteiger partial charge in [-0.15, -0.1) is 11.3 Å². The number of benzene rings is 2. The quantitative estimate of drug-likeness (QED) is 0.404. The molecule has 8 nitrogen and oxygen atoms in total. The van der Waals surface area contributed by atoms with Crippen molar-refractivity contribution < 1.29 is 13.2 Å². The molecule has 0 saturated carbocycles. The fourth-order valence-corrected chi connectivity index (χ4v) is 5.45. The number of nitrogens with two attached hydrogens (primary N) is 1. The normalized spacial score (nSPS) is 14.5. The lowest BCUT2D eigenvalue weighted by molar-refractivity contribution is 0.243. The summed E-state index contributed by atoms with van der Waals surface area (Å²) in [4.78, 5) is 7.06. The third-order valence-corrected chi connectivity index (χ3v) is 7.39. The van der Waals surface area contributed by atoms with Gasteiger partial charge in [-0.2, -0.15) is 0 Å². The van der Waals surface area contributed by atoms with Crippen molar-refractivity contribution in [3.63, 3.8) is 0 Å². The number of sulfonamides is 1. The summed E-state index contributed by atoms with van der Waals surface area (Å²) in [6, 6.07) is 10.8. The van der Waals surface area contributed by atoms with Gasteiger partial charge >= 0.3 is 0 Å². The molecule has 1 fully saturated rings. The predicted octanol–water partition coefficient (Wildman–Crippen LogP) is 4.16. The molecule has 1 aliphatic heterocycles. The average molecular weight is 553 g/mol. The van der Waals surface area contributed by atoms with Gasteiger partial charge in [0.2, 0.25) is 10.0 Å². The molecule has 0 aliphatic carbocycles. The second-order valence-electron chi connectivity index (χ2n) is 7.94. The van der Waals surface area contributed by atoms with Crippen molar-refractivity contribution in [1.82, 2.24) is 10.3 Å². The number of rotatable bonds is 7. The number of ether oxygens (including phenoxy) is 1. The predicted molar refractivity (Wildman–Crippen MR) is 137 cm³/mol. The van der Waals surface area contributed by atoms with Crippen molar-refractivity contribution >= 4 is 53.8 Å². The van der Waals surface area contributed by atoms with Gasteiger partial charge < -0.3 is 20.3 Å². The van der Waals surface area contributed by atoms with E-state index in [2.05, 4.69) is 49.7 Å². The van der Waals surface area contributed by atoms with Gasteiger partial charge in [-0.3, -0.25) is 0 Å². The third kappa shape index (κ3) is 5.85. The van der Waals surface area contributed by atoms with E-state index in [1.54, 1.807) is 6.07 Å². The highest BCUT2D eigenvalue weighted by Crippen LogP contribution is 2.36. The van der Waals surface area contributed by atoms with Crippen molar-refractivity contribution in [1.29, 1.82) is 0 Å². The number of piperazine rings is 1. The summed E-state index contributed by atoms with van der Waals surface area (Å²) >= 11 is 5.14. The molecule has 4 rings (SSSR count). The number of anilines is 3. The summed E-state index contributed by atoms with van der Waals surface area (Å²) in [5.41, 5.74) is 3.47. The molecule has 176 valence electrons. The maximum Gasteiger partial charge on any atom is 0.238 e. The van der Waals surface area contributed by atoms with Gasteiger partial charge in [0.15, 0.2) is 5.13 Å². The molecule has 1 saturated heterocycles. The summed E-state index contributed by atoms with van der Waals surface area (Å²) in [5, 5.41) is 14.4. The smallest absolute Gasteiger partial charge is 0.238 e. The maximum absolute atomic E-state index is 11.8. The first-order chi connectivity index (χ1) is 15.7. The van der Waals surface area contributed by atoms with Crippen LogP contribution in [0.3, 0.4) is 0 Å². The van der Waals surface area contributed by atoms with Crippen LogP contribution in [0.15, 0.2) is 51.1 Å². The summed E-state index contributed by atoms with van der Waals surface area (Å²) in [6.07, 6.45) is -0.0794. The molecular weight excluding hydrogens is 526 g/mol. The van der Waals surface area contributed by atoms with Crippen LogP contribution in [0.5, 0.6) is 5.75 Å². The van der Waals surface area contributed by atoms with Gasteiger partial charge in [-0.25, -0.2) is 18.5 Å². The molecule has 0 unspecified atom stereocenters. The van der Waals surface area contributed by atoms with Crippen molar-refractivity contribution in [2.75, 3.05) is 36.4 Å². The highest BCUT2D eigenvalue weighted by Gasteiger charge is 2.17. The van der Waals surface area contributed by atoms with Gasteiger partial charge in [0.25, 0.3) is 0 Å². The van der Waals surface area contributed by atoms with Crippen LogP contribution in [0.4, 0.5) is 16.5 Å². The molecule has 1 aliphatic rings. The second kappa shape index (κ2) is 9.98. The first-order valence-electron chi connectivity index (χ1n) is 10.5. The van der Waals surface area contributed by atoms with Gasteiger partial charge in [0.1, 0.15) is 5.75 Å². The number of nitrogens with one attached hydrogen (secondary N) is 2. The van der Waals surface area contributed by atoms with Crippen molar-refractivity contribution in [2.45, 2.75) is 24.8 Å². The standard InChI is InChI=1S/C22H26BrN5O3S2/c1-14(2)31-21-6-4-16(33(24,29)30)12-18(21)26-22-27-19(13-32-22)15-3-5-20(17(23)11-15)28-9-7-25-8-10-28/h3-6,11-14,25H,7-10H2,1-2H3,(H,26,27)(H2,24,29,30). The van der Waals surface area contributed by atoms with Crippen LogP contribution in [-0.2, 0) is 10.0 Å². The highest BCUT2D eigenvalue weighted by atomic mass is 79.9. The molecule has 0 spiro atoms. The van der Waals surface area contributed by atoms with E-state index in [-0.39, 0.29) is 11.0 Å². The summed E-state index contributed by atoms with van der Waals surface area (Å²) in [5.74, 6) is 0.525. The number of aromatic nitrogens is 1. The van der Waals surface area contributed by atoms with Crippen molar-refractivity contribution in [2.24, 2.45) is 5.14 Å². The molecule has 0 bridgehead atoms. The first kappa shape index (κ1) is 24.0. The number of nitrogens with zero attached hydrogens (tertiary/aromatic N) is 2. The molecule has 2 aromatic carbocycles. The molecular formula is C22H26BrN5O3S2. The van der Waals surface area contributed by atoms with Crippen LogP contribution in [0, 0.1) is 0 Å². The van der Waals surface area contributed by atoms with Crippen molar-refractivity contribution in [3.05, 3.63) is 46.3 Å². The minimum absolute atomic E-state index is 0.00492. The Morgan fingerprint density at radius 1 is 1.21 bits per heavy atom. The number of thiazole rings is 1. The lowest BCUT2D eigenvalue weighted by Gasteiger charge is -2.30. The van der Waals surface area contributed by atoms with E-state index < -0.39 is 10.0 Å². The summed E-state index contributed by atoms with van der Waals surface area (Å²) in [6.45, 7) is 7.71. The molecule has 0 radical (unpaired) electrons. The zero-order valence-corrected chi connectivity index (χ0v) is 21.6. The van der Waals surface area contributed by atoms with Crippen LogP contribution in [0.25, 0.3) is 11.3 Å². The van der Waals surface area contributed by atoms with Crippen LogP contribution in [-0.4, -0.2) is 45.7 Å². The molecule has 0 amide bonds. The average Bonchev–Trinajstić information content (AvgIpc) is 3.23. The van der Waals surface area contributed by atoms with Gasteiger partial charge in [-0.05, 0) is 60.1 Å². The second-order valence-corrected chi connectivity index (χ2v) is 11.2. The van der Waals surface area contributed by atoms with E-state index >= 15 is 0 Å². The number of primary sulfonamides is 1. The molecule has 2 heterocycles. The Balaban J connectivity index is 1.58. The third-order valence-electron chi connectivity index (χ3n) is 5.09. The Hall–Kier alpha value is -2.18. The first-order valence-corrected chi connectivity index (χ1v) is 13.7. The Kier molecular flexibility index (Phi) is 7.25. The Morgan fingerprint density at radius 2 is 1.97 bits per heavy atom. The molecule has 1 aromatic heterocycles. The summed E-state index contributed by atoms with van der Waals surface area (Å²) < 4.78 is 30.5. The minimum atomic E-state index is -3.84.